The highest BCUT2D eigenvalue weighted by Crippen LogP contribution is 2.25. The fourth-order valence-corrected chi connectivity index (χ4v) is 5.58. The summed E-state index contributed by atoms with van der Waals surface area (Å²) < 4.78 is 28.7. The summed E-state index contributed by atoms with van der Waals surface area (Å²) in [5, 5.41) is 0. The van der Waals surface area contributed by atoms with E-state index in [4.69, 9.17) is 0 Å². The highest BCUT2D eigenvalue weighted by molar-refractivity contribution is 7.86. The Kier molecular flexibility index (Phi) is 5.04. The third kappa shape index (κ3) is 3.31. The van der Waals surface area contributed by atoms with E-state index in [1.807, 2.05) is 4.90 Å². The Morgan fingerprint density at radius 1 is 0.773 bits per heavy atom. The van der Waals surface area contributed by atoms with E-state index < -0.39 is 10.2 Å². The average Bonchev–Trinajstić information content (AvgIpc) is 3.09. The van der Waals surface area contributed by atoms with Crippen molar-refractivity contribution in [2.45, 2.75) is 44.9 Å². The van der Waals surface area contributed by atoms with Gasteiger partial charge in [0.2, 0.25) is 5.91 Å². The zero-order valence-electron chi connectivity index (χ0n) is 13.2. The Labute approximate surface area is 133 Å². The van der Waals surface area contributed by atoms with Crippen LogP contribution in [0.25, 0.3) is 0 Å². The van der Waals surface area contributed by atoms with Gasteiger partial charge in [0.15, 0.2) is 0 Å². The summed E-state index contributed by atoms with van der Waals surface area (Å²) in [6, 6.07) is 0. The lowest BCUT2D eigenvalue weighted by atomic mass is 9.98. The first kappa shape index (κ1) is 16.2. The summed E-state index contributed by atoms with van der Waals surface area (Å²) in [6.45, 7) is 3.87. The second kappa shape index (κ2) is 6.84. The number of nitrogens with zero attached hydrogens (tertiary/aromatic N) is 3. The first-order valence-electron chi connectivity index (χ1n) is 8.63. The molecule has 1 amide bonds. The van der Waals surface area contributed by atoms with Crippen LogP contribution in [0.15, 0.2) is 0 Å². The zero-order valence-corrected chi connectivity index (χ0v) is 14.1. The van der Waals surface area contributed by atoms with Gasteiger partial charge in [0.1, 0.15) is 0 Å². The molecule has 0 aromatic carbocycles. The molecule has 3 saturated heterocycles. The first-order chi connectivity index (χ1) is 10.6. The molecule has 126 valence electrons. The van der Waals surface area contributed by atoms with Crippen LogP contribution in [0, 0.1) is 5.92 Å². The van der Waals surface area contributed by atoms with Gasteiger partial charge in [0.05, 0.1) is 5.92 Å². The van der Waals surface area contributed by atoms with Gasteiger partial charge in [-0.15, -0.1) is 0 Å². The van der Waals surface area contributed by atoms with Crippen molar-refractivity contribution in [2.75, 3.05) is 39.3 Å². The SMILES string of the molecule is O=C([C@H]1CCCN(S(=O)(=O)N2CCCCC2)C1)N1CCCC1. The lowest BCUT2D eigenvalue weighted by Gasteiger charge is -2.37. The molecule has 1 atom stereocenters. The van der Waals surface area contributed by atoms with Gasteiger partial charge in [0, 0.05) is 39.3 Å². The van der Waals surface area contributed by atoms with E-state index in [0.29, 0.717) is 26.2 Å². The minimum atomic E-state index is -3.38. The molecule has 0 aliphatic carbocycles. The minimum Gasteiger partial charge on any atom is -0.342 e. The summed E-state index contributed by atoms with van der Waals surface area (Å²) in [5.41, 5.74) is 0. The smallest absolute Gasteiger partial charge is 0.281 e. The van der Waals surface area contributed by atoms with Crippen LogP contribution in [-0.4, -0.2) is 67.1 Å². The lowest BCUT2D eigenvalue weighted by Crippen LogP contribution is -2.51. The molecule has 0 N–H and O–H groups in total. The first-order valence-corrected chi connectivity index (χ1v) is 10.0. The van der Waals surface area contributed by atoms with Crippen LogP contribution < -0.4 is 0 Å². The molecular formula is C15H27N3O3S. The van der Waals surface area contributed by atoms with Crippen LogP contribution in [-0.2, 0) is 15.0 Å². The van der Waals surface area contributed by atoms with Gasteiger partial charge in [-0.2, -0.15) is 17.0 Å². The quantitative estimate of drug-likeness (QED) is 0.778. The van der Waals surface area contributed by atoms with Gasteiger partial charge in [-0.1, -0.05) is 6.42 Å². The van der Waals surface area contributed by atoms with Gasteiger partial charge in [-0.05, 0) is 38.5 Å². The molecule has 3 fully saturated rings. The predicted molar refractivity (Wildman–Crippen MR) is 84.5 cm³/mol. The molecule has 0 saturated carbocycles. The third-order valence-corrected chi connectivity index (χ3v) is 7.12. The number of piperidine rings is 2. The number of rotatable bonds is 3. The third-order valence-electron chi connectivity index (χ3n) is 5.12. The second-order valence-electron chi connectivity index (χ2n) is 6.70. The molecular weight excluding hydrogens is 302 g/mol. The zero-order chi connectivity index (χ0) is 15.6. The van der Waals surface area contributed by atoms with Gasteiger partial charge in [0.25, 0.3) is 10.2 Å². The van der Waals surface area contributed by atoms with Crippen LogP contribution in [0.5, 0.6) is 0 Å². The van der Waals surface area contributed by atoms with Gasteiger partial charge in [-0.3, -0.25) is 4.79 Å². The van der Waals surface area contributed by atoms with E-state index >= 15 is 0 Å². The Morgan fingerprint density at radius 2 is 1.36 bits per heavy atom. The van der Waals surface area contributed by atoms with E-state index in [9.17, 15) is 13.2 Å². The molecule has 0 spiro atoms. The Morgan fingerprint density at radius 3 is 2.05 bits per heavy atom. The van der Waals surface area contributed by atoms with Crippen molar-refractivity contribution in [2.24, 2.45) is 5.92 Å². The number of carbonyl (C=O) groups is 1. The molecule has 0 bridgehead atoms. The number of likely N-dealkylation sites (tertiary alicyclic amines) is 1. The summed E-state index contributed by atoms with van der Waals surface area (Å²) in [6.07, 6.45) is 6.77. The van der Waals surface area contributed by atoms with Crippen molar-refractivity contribution < 1.29 is 13.2 Å². The van der Waals surface area contributed by atoms with Crippen LogP contribution in [0.2, 0.25) is 0 Å². The number of carbonyl (C=O) groups excluding carboxylic acids is 1. The number of hydrogen-bond acceptors (Lipinski definition) is 3. The van der Waals surface area contributed by atoms with Crippen LogP contribution in [0.3, 0.4) is 0 Å². The van der Waals surface area contributed by atoms with Crippen LogP contribution in [0.4, 0.5) is 0 Å². The lowest BCUT2D eigenvalue weighted by molar-refractivity contribution is -0.135. The molecule has 0 unspecified atom stereocenters. The van der Waals surface area contributed by atoms with E-state index in [2.05, 4.69) is 0 Å². The van der Waals surface area contributed by atoms with Gasteiger partial charge in [-0.25, -0.2) is 0 Å². The molecule has 0 aromatic heterocycles. The predicted octanol–water partition coefficient (Wildman–Crippen LogP) is 1.05. The molecule has 3 heterocycles. The Hall–Kier alpha value is -0.660. The maximum Gasteiger partial charge on any atom is 0.281 e. The van der Waals surface area contributed by atoms with E-state index in [1.165, 1.54) is 0 Å². The number of amides is 1. The maximum absolute atomic E-state index is 12.8. The van der Waals surface area contributed by atoms with Gasteiger partial charge < -0.3 is 4.90 Å². The van der Waals surface area contributed by atoms with Crippen molar-refractivity contribution in [1.82, 2.24) is 13.5 Å². The molecule has 6 nitrogen and oxygen atoms in total. The van der Waals surface area contributed by atoms with E-state index in [1.54, 1.807) is 8.61 Å². The molecule has 3 rings (SSSR count). The largest absolute Gasteiger partial charge is 0.342 e. The normalized spacial score (nSPS) is 28.9. The molecule has 3 aliphatic heterocycles. The fraction of sp³-hybridized carbons (Fsp3) is 0.933. The summed E-state index contributed by atoms with van der Waals surface area (Å²) in [4.78, 5) is 14.5. The highest BCUT2D eigenvalue weighted by atomic mass is 32.2. The molecule has 3 aliphatic rings. The van der Waals surface area contributed by atoms with Crippen LogP contribution >= 0.6 is 0 Å². The fourth-order valence-electron chi connectivity index (χ4n) is 3.81. The van der Waals surface area contributed by atoms with Crippen molar-refractivity contribution in [3.63, 3.8) is 0 Å². The Balaban J connectivity index is 1.65. The monoisotopic (exact) mass is 329 g/mol. The van der Waals surface area contributed by atoms with Crippen molar-refractivity contribution in [1.29, 1.82) is 0 Å². The van der Waals surface area contributed by atoms with Gasteiger partial charge >= 0.3 is 0 Å². The van der Waals surface area contributed by atoms with Crippen molar-refractivity contribution in [3.05, 3.63) is 0 Å². The summed E-state index contributed by atoms with van der Waals surface area (Å²) in [5.74, 6) is 0.0162. The van der Waals surface area contributed by atoms with Crippen LogP contribution in [0.1, 0.15) is 44.9 Å². The second-order valence-corrected chi connectivity index (χ2v) is 8.63. The summed E-state index contributed by atoms with van der Waals surface area (Å²) in [7, 11) is -3.38. The highest BCUT2D eigenvalue weighted by Gasteiger charge is 2.37. The average molecular weight is 329 g/mol. The van der Waals surface area contributed by atoms with Crippen molar-refractivity contribution >= 4 is 16.1 Å². The molecule has 0 radical (unpaired) electrons. The molecule has 22 heavy (non-hydrogen) atoms. The maximum atomic E-state index is 12.8. The topological polar surface area (TPSA) is 60.9 Å². The van der Waals surface area contributed by atoms with E-state index in [0.717, 1.165) is 58.0 Å². The summed E-state index contributed by atoms with van der Waals surface area (Å²) >= 11 is 0. The van der Waals surface area contributed by atoms with E-state index in [-0.39, 0.29) is 11.8 Å². The number of hydrogen-bond donors (Lipinski definition) is 0. The molecule has 0 aromatic rings. The molecule has 7 heteroatoms. The standard InChI is InChI=1S/C15H27N3O3S/c19-15(16-8-4-5-9-16)14-7-6-12-18(13-14)22(20,21)17-10-2-1-3-11-17/h14H,1-13H2/t14-/m0/s1. The van der Waals surface area contributed by atoms with Crippen molar-refractivity contribution in [3.8, 4) is 0 Å². The minimum absolute atomic E-state index is 0.147. The Bertz CT molecular complexity index is 496.